The largest absolute Gasteiger partial charge is 0.481 e. The van der Waals surface area contributed by atoms with Crippen molar-refractivity contribution in [3.05, 3.63) is 49.1 Å². The van der Waals surface area contributed by atoms with Crippen LogP contribution in [0.3, 0.4) is 0 Å². The summed E-state index contributed by atoms with van der Waals surface area (Å²) in [5.74, 6) is -1.84. The van der Waals surface area contributed by atoms with Gasteiger partial charge in [-0.1, -0.05) is 11.6 Å². The molecule has 0 unspecified atom stereocenters. The van der Waals surface area contributed by atoms with Crippen LogP contribution in [0.5, 0.6) is 0 Å². The van der Waals surface area contributed by atoms with Crippen LogP contribution in [0.15, 0.2) is 21.4 Å². The summed E-state index contributed by atoms with van der Waals surface area (Å²) in [6.45, 7) is 4.47. The van der Waals surface area contributed by atoms with E-state index in [2.05, 4.69) is 21.0 Å². The molecule has 1 heterocycles. The monoisotopic (exact) mass is 416 g/mol. The number of aryl methyl sites for hydroxylation is 2. The van der Waals surface area contributed by atoms with Gasteiger partial charge in [0.05, 0.1) is 21.7 Å². The molecular weight excluding hydrogens is 403 g/mol. The molecule has 0 radical (unpaired) electrons. The number of carboxylic acids is 1. The first kappa shape index (κ1) is 18.6. The smallest absolute Gasteiger partial charge is 0.313 e. The Balaban J connectivity index is 3.08. The molecule has 0 fully saturated rings. The standard InChI is InChI=1S/C16H15BrClFN2O3/c1-7-12(16(2,3)15(23)24)11(14(22)21(4)20-7)10-9(19)6-5-8(18)13(10)17/h5-6H,1-4H3,(H,23,24). The molecule has 0 amide bonds. The van der Waals surface area contributed by atoms with Crippen molar-refractivity contribution in [3.63, 3.8) is 0 Å². The number of aliphatic carboxylic acids is 1. The van der Waals surface area contributed by atoms with E-state index in [0.29, 0.717) is 5.69 Å². The molecule has 2 aromatic rings. The molecule has 0 atom stereocenters. The number of halogens is 3. The SMILES string of the molecule is Cc1nn(C)c(=O)c(-c2c(F)ccc(Cl)c2Br)c1C(C)(C)C(=O)O. The summed E-state index contributed by atoms with van der Waals surface area (Å²) in [5.41, 5.74) is -1.71. The lowest BCUT2D eigenvalue weighted by atomic mass is 9.79. The van der Waals surface area contributed by atoms with Gasteiger partial charge < -0.3 is 5.11 Å². The van der Waals surface area contributed by atoms with Gasteiger partial charge >= 0.3 is 5.97 Å². The van der Waals surface area contributed by atoms with E-state index in [1.807, 2.05) is 0 Å². The van der Waals surface area contributed by atoms with Gasteiger partial charge in [-0.15, -0.1) is 0 Å². The van der Waals surface area contributed by atoms with Crippen molar-refractivity contribution in [3.8, 4) is 11.1 Å². The molecule has 128 valence electrons. The predicted molar refractivity (Wildman–Crippen MR) is 93.0 cm³/mol. The zero-order chi connectivity index (χ0) is 18.4. The maximum atomic E-state index is 14.5. The average molecular weight is 418 g/mol. The number of hydrogen-bond donors (Lipinski definition) is 1. The van der Waals surface area contributed by atoms with E-state index in [9.17, 15) is 19.1 Å². The van der Waals surface area contributed by atoms with Crippen LogP contribution in [0, 0.1) is 12.7 Å². The third-order valence-electron chi connectivity index (χ3n) is 3.87. The van der Waals surface area contributed by atoms with Crippen LogP contribution in [-0.4, -0.2) is 20.9 Å². The molecule has 0 aliphatic heterocycles. The fraction of sp³-hybridized carbons (Fsp3) is 0.312. The van der Waals surface area contributed by atoms with E-state index in [-0.39, 0.29) is 26.2 Å². The molecule has 0 saturated carbocycles. The summed E-state index contributed by atoms with van der Waals surface area (Å²) in [7, 11) is 1.42. The van der Waals surface area contributed by atoms with Crippen LogP contribution in [0.2, 0.25) is 5.02 Å². The Hall–Kier alpha value is -1.73. The van der Waals surface area contributed by atoms with Crippen molar-refractivity contribution in [2.24, 2.45) is 7.05 Å². The summed E-state index contributed by atoms with van der Waals surface area (Å²) in [6.07, 6.45) is 0. The fourth-order valence-electron chi connectivity index (χ4n) is 2.63. The van der Waals surface area contributed by atoms with E-state index in [0.717, 1.165) is 10.7 Å². The highest BCUT2D eigenvalue weighted by Crippen LogP contribution is 2.40. The highest BCUT2D eigenvalue weighted by Gasteiger charge is 2.37. The molecule has 0 spiro atoms. The van der Waals surface area contributed by atoms with Crippen LogP contribution >= 0.6 is 27.5 Å². The maximum Gasteiger partial charge on any atom is 0.313 e. The highest BCUT2D eigenvalue weighted by atomic mass is 79.9. The minimum atomic E-state index is -1.45. The normalized spacial score (nSPS) is 11.6. The molecule has 0 saturated heterocycles. The van der Waals surface area contributed by atoms with Crippen molar-refractivity contribution in [1.82, 2.24) is 9.78 Å². The minimum Gasteiger partial charge on any atom is -0.481 e. The lowest BCUT2D eigenvalue weighted by Crippen LogP contribution is -2.35. The average Bonchev–Trinajstić information content (AvgIpc) is 2.47. The highest BCUT2D eigenvalue weighted by molar-refractivity contribution is 9.10. The molecule has 2 rings (SSSR count). The number of aromatic nitrogens is 2. The molecular formula is C16H15BrClFN2O3. The number of carboxylic acid groups (broad SMARTS) is 1. The fourth-order valence-corrected chi connectivity index (χ4v) is 3.31. The summed E-state index contributed by atoms with van der Waals surface area (Å²) in [5, 5.41) is 13.8. The zero-order valence-corrected chi connectivity index (χ0v) is 15.8. The molecule has 5 nitrogen and oxygen atoms in total. The van der Waals surface area contributed by atoms with Gasteiger partial charge in [0.15, 0.2) is 0 Å². The second-order valence-electron chi connectivity index (χ2n) is 5.91. The maximum absolute atomic E-state index is 14.5. The van der Waals surface area contributed by atoms with Crippen LogP contribution in [0.1, 0.15) is 25.1 Å². The van der Waals surface area contributed by atoms with Crippen molar-refractivity contribution < 1.29 is 14.3 Å². The topological polar surface area (TPSA) is 72.2 Å². The molecule has 0 aliphatic carbocycles. The summed E-state index contributed by atoms with van der Waals surface area (Å²) >= 11 is 9.24. The molecule has 1 aromatic heterocycles. The third kappa shape index (κ3) is 2.86. The first-order valence-corrected chi connectivity index (χ1v) is 8.12. The van der Waals surface area contributed by atoms with Gasteiger partial charge in [0.2, 0.25) is 0 Å². The Labute approximate surface area is 151 Å². The number of carbonyl (C=O) groups is 1. The summed E-state index contributed by atoms with van der Waals surface area (Å²) in [4.78, 5) is 24.4. The van der Waals surface area contributed by atoms with E-state index < -0.39 is 22.8 Å². The van der Waals surface area contributed by atoms with Crippen LogP contribution in [0.4, 0.5) is 4.39 Å². The third-order valence-corrected chi connectivity index (χ3v) is 5.24. The van der Waals surface area contributed by atoms with Gasteiger partial charge in [-0.3, -0.25) is 9.59 Å². The van der Waals surface area contributed by atoms with E-state index in [4.69, 9.17) is 11.6 Å². The van der Waals surface area contributed by atoms with Crippen LogP contribution in [0.25, 0.3) is 11.1 Å². The quantitative estimate of drug-likeness (QED) is 0.774. The van der Waals surface area contributed by atoms with Crippen LogP contribution in [-0.2, 0) is 17.3 Å². The number of hydrogen-bond acceptors (Lipinski definition) is 3. The predicted octanol–water partition coefficient (Wildman–Crippen LogP) is 3.67. The number of rotatable bonds is 3. The first-order chi connectivity index (χ1) is 11.0. The number of nitrogens with zero attached hydrogens (tertiary/aromatic N) is 2. The summed E-state index contributed by atoms with van der Waals surface area (Å²) in [6, 6.07) is 2.49. The summed E-state index contributed by atoms with van der Waals surface area (Å²) < 4.78 is 15.8. The van der Waals surface area contributed by atoms with Gasteiger partial charge in [0, 0.05) is 22.6 Å². The Morgan fingerprint density at radius 2 is 1.96 bits per heavy atom. The number of benzene rings is 1. The van der Waals surface area contributed by atoms with Crippen molar-refractivity contribution in [1.29, 1.82) is 0 Å². The lowest BCUT2D eigenvalue weighted by Gasteiger charge is -2.25. The van der Waals surface area contributed by atoms with Crippen molar-refractivity contribution >= 4 is 33.5 Å². The van der Waals surface area contributed by atoms with Gasteiger partial charge in [-0.2, -0.15) is 5.10 Å². The van der Waals surface area contributed by atoms with E-state index in [1.165, 1.54) is 27.0 Å². The second kappa shape index (κ2) is 6.29. The van der Waals surface area contributed by atoms with E-state index in [1.54, 1.807) is 6.92 Å². The van der Waals surface area contributed by atoms with Crippen molar-refractivity contribution in [2.45, 2.75) is 26.2 Å². The molecule has 0 aliphatic rings. The van der Waals surface area contributed by atoms with Gasteiger partial charge in [-0.25, -0.2) is 9.07 Å². The van der Waals surface area contributed by atoms with E-state index >= 15 is 0 Å². The molecule has 1 N–H and O–H groups in total. The Kier molecular flexibility index (Phi) is 4.88. The van der Waals surface area contributed by atoms with Gasteiger partial charge in [0.25, 0.3) is 5.56 Å². The van der Waals surface area contributed by atoms with Crippen molar-refractivity contribution in [2.75, 3.05) is 0 Å². The van der Waals surface area contributed by atoms with Crippen LogP contribution < -0.4 is 5.56 Å². The molecule has 1 aromatic carbocycles. The minimum absolute atomic E-state index is 0.0655. The second-order valence-corrected chi connectivity index (χ2v) is 7.11. The Morgan fingerprint density at radius 1 is 1.38 bits per heavy atom. The molecule has 0 bridgehead atoms. The lowest BCUT2D eigenvalue weighted by molar-refractivity contribution is -0.142. The Morgan fingerprint density at radius 3 is 2.50 bits per heavy atom. The molecule has 24 heavy (non-hydrogen) atoms. The first-order valence-electron chi connectivity index (χ1n) is 6.95. The Bertz CT molecular complexity index is 909. The van der Waals surface area contributed by atoms with Gasteiger partial charge in [0.1, 0.15) is 5.82 Å². The molecule has 8 heteroatoms. The zero-order valence-electron chi connectivity index (χ0n) is 13.4. The van der Waals surface area contributed by atoms with Gasteiger partial charge in [-0.05, 0) is 48.8 Å².